The Balaban J connectivity index is 2.41. The summed E-state index contributed by atoms with van der Waals surface area (Å²) in [5.41, 5.74) is 6.79. The van der Waals surface area contributed by atoms with Crippen molar-refractivity contribution in [3.05, 3.63) is 30.2 Å². The summed E-state index contributed by atoms with van der Waals surface area (Å²) in [6.07, 6.45) is 3.42. The third kappa shape index (κ3) is 1.74. The Hall–Kier alpha value is -1.95. The standard InChI is InChI=1S/C10H12N4O2/c1-16-10(15)7(6-11)8-5-9-12-3-2-4-14(9)13-8/h2-5,7H,6,11H2,1H3. The first kappa shape index (κ1) is 10.6. The van der Waals surface area contributed by atoms with Crippen LogP contribution in [0.3, 0.4) is 0 Å². The van der Waals surface area contributed by atoms with E-state index in [-0.39, 0.29) is 12.5 Å². The van der Waals surface area contributed by atoms with Gasteiger partial charge < -0.3 is 10.5 Å². The van der Waals surface area contributed by atoms with Gasteiger partial charge in [0.15, 0.2) is 5.65 Å². The van der Waals surface area contributed by atoms with Crippen molar-refractivity contribution in [3.8, 4) is 0 Å². The lowest BCUT2D eigenvalue weighted by Crippen LogP contribution is -2.23. The maximum atomic E-state index is 11.4. The summed E-state index contributed by atoms with van der Waals surface area (Å²) < 4.78 is 6.26. The zero-order chi connectivity index (χ0) is 11.5. The zero-order valence-corrected chi connectivity index (χ0v) is 8.83. The molecule has 0 aromatic carbocycles. The summed E-state index contributed by atoms with van der Waals surface area (Å²) in [7, 11) is 1.33. The summed E-state index contributed by atoms with van der Waals surface area (Å²) in [5.74, 6) is -0.919. The Morgan fingerprint density at radius 2 is 2.50 bits per heavy atom. The first-order chi connectivity index (χ1) is 7.76. The molecule has 6 heteroatoms. The first-order valence-electron chi connectivity index (χ1n) is 4.84. The molecule has 2 rings (SSSR count). The van der Waals surface area contributed by atoms with E-state index in [2.05, 4.69) is 14.8 Å². The van der Waals surface area contributed by atoms with Crippen LogP contribution in [0.1, 0.15) is 11.6 Å². The molecule has 2 N–H and O–H groups in total. The van der Waals surface area contributed by atoms with E-state index in [1.54, 1.807) is 29.0 Å². The minimum Gasteiger partial charge on any atom is -0.468 e. The van der Waals surface area contributed by atoms with Crippen molar-refractivity contribution in [2.45, 2.75) is 5.92 Å². The number of rotatable bonds is 3. The molecule has 0 bridgehead atoms. The van der Waals surface area contributed by atoms with Gasteiger partial charge in [-0.25, -0.2) is 9.50 Å². The van der Waals surface area contributed by atoms with E-state index < -0.39 is 5.92 Å². The molecule has 0 saturated carbocycles. The van der Waals surface area contributed by atoms with Crippen LogP contribution >= 0.6 is 0 Å². The van der Waals surface area contributed by atoms with Gasteiger partial charge in [0, 0.05) is 25.0 Å². The van der Waals surface area contributed by atoms with Crippen LogP contribution in [0.2, 0.25) is 0 Å². The van der Waals surface area contributed by atoms with Gasteiger partial charge in [-0.3, -0.25) is 4.79 Å². The van der Waals surface area contributed by atoms with Crippen LogP contribution in [0.15, 0.2) is 24.5 Å². The molecule has 6 nitrogen and oxygen atoms in total. The minimum atomic E-state index is -0.535. The molecule has 0 amide bonds. The Morgan fingerprint density at radius 3 is 3.12 bits per heavy atom. The van der Waals surface area contributed by atoms with Gasteiger partial charge in [-0.05, 0) is 6.07 Å². The smallest absolute Gasteiger partial charge is 0.316 e. The van der Waals surface area contributed by atoms with Gasteiger partial charge in [-0.15, -0.1) is 0 Å². The van der Waals surface area contributed by atoms with Crippen LogP contribution in [0.4, 0.5) is 0 Å². The van der Waals surface area contributed by atoms with Gasteiger partial charge in [0.2, 0.25) is 0 Å². The van der Waals surface area contributed by atoms with Crippen LogP contribution in [0, 0.1) is 0 Å². The summed E-state index contributed by atoms with van der Waals surface area (Å²) in [6, 6.07) is 3.49. The van der Waals surface area contributed by atoms with Crippen molar-refractivity contribution in [3.63, 3.8) is 0 Å². The molecule has 1 unspecified atom stereocenters. The maximum absolute atomic E-state index is 11.4. The number of esters is 1. The number of carbonyl (C=O) groups excluding carboxylic acids is 1. The van der Waals surface area contributed by atoms with Gasteiger partial charge in [0.1, 0.15) is 5.92 Å². The summed E-state index contributed by atoms with van der Waals surface area (Å²) >= 11 is 0. The zero-order valence-electron chi connectivity index (χ0n) is 8.83. The average molecular weight is 220 g/mol. The summed E-state index contributed by atoms with van der Waals surface area (Å²) in [4.78, 5) is 15.6. The third-order valence-corrected chi connectivity index (χ3v) is 2.33. The fourth-order valence-corrected chi connectivity index (χ4v) is 1.50. The largest absolute Gasteiger partial charge is 0.468 e. The second-order valence-electron chi connectivity index (χ2n) is 3.30. The Morgan fingerprint density at radius 1 is 1.69 bits per heavy atom. The Kier molecular flexibility index (Phi) is 2.82. The lowest BCUT2D eigenvalue weighted by atomic mass is 10.1. The highest BCUT2D eigenvalue weighted by Gasteiger charge is 2.22. The normalized spacial score (nSPS) is 12.6. The number of fused-ring (bicyclic) bond motifs is 1. The molecule has 2 aromatic rings. The molecule has 0 fully saturated rings. The van der Waals surface area contributed by atoms with Crippen LogP contribution in [-0.2, 0) is 9.53 Å². The van der Waals surface area contributed by atoms with E-state index in [0.29, 0.717) is 11.3 Å². The quantitative estimate of drug-likeness (QED) is 0.733. The van der Waals surface area contributed by atoms with E-state index >= 15 is 0 Å². The van der Waals surface area contributed by atoms with Crippen LogP contribution < -0.4 is 5.73 Å². The van der Waals surface area contributed by atoms with Crippen molar-refractivity contribution in [2.24, 2.45) is 5.73 Å². The molecule has 2 heterocycles. The molecule has 84 valence electrons. The molecule has 16 heavy (non-hydrogen) atoms. The van der Waals surface area contributed by atoms with E-state index in [1.807, 2.05) is 0 Å². The summed E-state index contributed by atoms with van der Waals surface area (Å²) in [6.45, 7) is 0.163. The monoisotopic (exact) mass is 220 g/mol. The number of nitrogens with two attached hydrogens (primary N) is 1. The van der Waals surface area contributed by atoms with E-state index in [1.165, 1.54) is 7.11 Å². The SMILES string of the molecule is COC(=O)C(CN)c1cc2ncccn2n1. The number of aromatic nitrogens is 3. The van der Waals surface area contributed by atoms with Gasteiger partial charge in [-0.1, -0.05) is 0 Å². The fraction of sp³-hybridized carbons (Fsp3) is 0.300. The molecule has 0 aliphatic rings. The van der Waals surface area contributed by atoms with Gasteiger partial charge in [0.25, 0.3) is 0 Å². The first-order valence-corrected chi connectivity index (χ1v) is 4.84. The van der Waals surface area contributed by atoms with E-state index in [4.69, 9.17) is 5.73 Å². The third-order valence-electron chi connectivity index (χ3n) is 2.33. The number of nitrogens with zero attached hydrogens (tertiary/aromatic N) is 3. The number of methoxy groups -OCH3 is 1. The lowest BCUT2D eigenvalue weighted by molar-refractivity contribution is -0.142. The van der Waals surface area contributed by atoms with E-state index in [0.717, 1.165) is 0 Å². The molecule has 0 aliphatic heterocycles. The number of ether oxygens (including phenoxy) is 1. The molecule has 1 atom stereocenters. The molecule has 0 radical (unpaired) electrons. The number of hydrogen-bond acceptors (Lipinski definition) is 5. The highest BCUT2D eigenvalue weighted by atomic mass is 16.5. The Bertz CT molecular complexity index is 475. The van der Waals surface area contributed by atoms with Crippen LogP contribution in [0.5, 0.6) is 0 Å². The second kappa shape index (κ2) is 4.28. The Labute approximate surface area is 92.0 Å². The number of carbonyl (C=O) groups is 1. The predicted octanol–water partition coefficient (Wildman–Crippen LogP) is -0.0554. The molecule has 0 aliphatic carbocycles. The van der Waals surface area contributed by atoms with Gasteiger partial charge in [0.05, 0.1) is 12.8 Å². The van der Waals surface area contributed by atoms with Crippen LogP contribution in [0.25, 0.3) is 5.65 Å². The van der Waals surface area contributed by atoms with Crippen molar-refractivity contribution in [2.75, 3.05) is 13.7 Å². The van der Waals surface area contributed by atoms with Crippen molar-refractivity contribution < 1.29 is 9.53 Å². The molecular weight excluding hydrogens is 208 g/mol. The van der Waals surface area contributed by atoms with Gasteiger partial charge in [-0.2, -0.15) is 5.10 Å². The fourth-order valence-electron chi connectivity index (χ4n) is 1.50. The molecule has 2 aromatic heterocycles. The molecular formula is C10H12N4O2. The molecule has 0 saturated heterocycles. The summed E-state index contributed by atoms with van der Waals surface area (Å²) in [5, 5.41) is 4.23. The highest BCUT2D eigenvalue weighted by Crippen LogP contribution is 2.15. The minimum absolute atomic E-state index is 0.163. The lowest BCUT2D eigenvalue weighted by Gasteiger charge is -2.08. The number of hydrogen-bond donors (Lipinski definition) is 1. The molecule has 0 spiro atoms. The predicted molar refractivity (Wildman–Crippen MR) is 56.8 cm³/mol. The van der Waals surface area contributed by atoms with Gasteiger partial charge >= 0.3 is 5.97 Å². The highest BCUT2D eigenvalue weighted by molar-refractivity contribution is 5.78. The maximum Gasteiger partial charge on any atom is 0.316 e. The van der Waals surface area contributed by atoms with E-state index in [9.17, 15) is 4.79 Å². The average Bonchev–Trinajstić information content (AvgIpc) is 2.72. The van der Waals surface area contributed by atoms with Crippen molar-refractivity contribution in [1.82, 2.24) is 14.6 Å². The topological polar surface area (TPSA) is 82.5 Å². The van der Waals surface area contributed by atoms with Crippen molar-refractivity contribution >= 4 is 11.6 Å². The van der Waals surface area contributed by atoms with Crippen LogP contribution in [-0.4, -0.2) is 34.2 Å². The van der Waals surface area contributed by atoms with Crippen molar-refractivity contribution in [1.29, 1.82) is 0 Å². The second-order valence-corrected chi connectivity index (χ2v) is 3.30.